The molecule has 12 heteroatoms. The lowest BCUT2D eigenvalue weighted by atomic mass is 10.1. The van der Waals surface area contributed by atoms with Crippen LogP contribution in [0, 0.1) is 6.92 Å². The average Bonchev–Trinajstić information content (AvgIpc) is 2.68. The molecule has 0 unspecified atom stereocenters. The number of hydrogen-bond acceptors (Lipinski definition) is 9. The number of benzene rings is 2. The molecule has 0 saturated heterocycles. The van der Waals surface area contributed by atoms with Gasteiger partial charge in [0.25, 0.3) is 0 Å². The molecule has 0 fully saturated rings. The minimum Gasteiger partial charge on any atom is -0.744 e. The first-order chi connectivity index (χ1) is 15.3. The molecule has 0 aromatic heterocycles. The second-order valence-electron chi connectivity index (χ2n) is 7.59. The van der Waals surface area contributed by atoms with E-state index in [-0.39, 0.29) is 49.8 Å². The number of aliphatic carboxylic acids is 2. The van der Waals surface area contributed by atoms with Crippen molar-refractivity contribution in [2.24, 2.45) is 0 Å². The molecule has 0 bridgehead atoms. The van der Waals surface area contributed by atoms with Gasteiger partial charge in [0.2, 0.25) is 0 Å². The van der Waals surface area contributed by atoms with Crippen LogP contribution in [-0.2, 0) is 32.8 Å². The third kappa shape index (κ3) is 8.35. The zero-order chi connectivity index (χ0) is 24.8. The topological polar surface area (TPSA) is 179 Å². The molecule has 0 aliphatic heterocycles. The summed E-state index contributed by atoms with van der Waals surface area (Å²) >= 11 is 0. The smallest absolute Gasteiger partial charge is 0.317 e. The second kappa shape index (κ2) is 11.1. The van der Waals surface area contributed by atoms with Crippen molar-refractivity contribution in [3.8, 4) is 11.5 Å². The van der Waals surface area contributed by atoms with Crippen LogP contribution in [0.5, 0.6) is 11.5 Å². The summed E-state index contributed by atoms with van der Waals surface area (Å²) < 4.78 is 33.8. The SMILES string of the molecule is Cc1ccc(O)c(CN(CCN(CC(=O)O)Cc2cc(S(=O)(=O)[O-])ccc2O)CC(=O)O)c1. The van der Waals surface area contributed by atoms with Crippen molar-refractivity contribution in [2.45, 2.75) is 24.9 Å². The number of nitrogens with zero attached hydrogens (tertiary/aromatic N) is 2. The maximum atomic E-state index is 11.3. The van der Waals surface area contributed by atoms with Crippen LogP contribution in [0.1, 0.15) is 16.7 Å². The first-order valence-corrected chi connectivity index (χ1v) is 11.2. The van der Waals surface area contributed by atoms with Crippen LogP contribution in [0.4, 0.5) is 0 Å². The Bertz CT molecular complexity index is 1120. The molecule has 0 heterocycles. The van der Waals surface area contributed by atoms with E-state index in [1.54, 1.807) is 12.1 Å². The van der Waals surface area contributed by atoms with Gasteiger partial charge in [0.15, 0.2) is 0 Å². The Morgan fingerprint density at radius 2 is 1.30 bits per heavy atom. The number of hydrogen-bond donors (Lipinski definition) is 4. The first kappa shape index (κ1) is 26.1. The molecule has 0 aliphatic rings. The van der Waals surface area contributed by atoms with Crippen LogP contribution in [0.25, 0.3) is 0 Å². The quantitative estimate of drug-likeness (QED) is 0.315. The minimum atomic E-state index is -4.78. The van der Waals surface area contributed by atoms with E-state index in [2.05, 4.69) is 0 Å². The molecule has 0 saturated carbocycles. The third-order valence-electron chi connectivity index (χ3n) is 4.81. The fourth-order valence-electron chi connectivity index (χ4n) is 3.26. The Morgan fingerprint density at radius 1 is 0.848 bits per heavy atom. The number of carboxylic acids is 2. The number of carbonyl (C=O) groups is 2. The van der Waals surface area contributed by atoms with Crippen molar-refractivity contribution in [1.29, 1.82) is 0 Å². The molecule has 2 aromatic carbocycles. The highest BCUT2D eigenvalue weighted by Crippen LogP contribution is 2.23. The van der Waals surface area contributed by atoms with E-state index in [1.807, 2.05) is 6.92 Å². The van der Waals surface area contributed by atoms with Crippen LogP contribution < -0.4 is 0 Å². The van der Waals surface area contributed by atoms with Gasteiger partial charge in [-0.2, -0.15) is 0 Å². The summed E-state index contributed by atoms with van der Waals surface area (Å²) in [6.07, 6.45) is 0. The lowest BCUT2D eigenvalue weighted by Gasteiger charge is -2.26. The van der Waals surface area contributed by atoms with Gasteiger partial charge in [-0.3, -0.25) is 19.4 Å². The van der Waals surface area contributed by atoms with Crippen LogP contribution in [0.15, 0.2) is 41.3 Å². The Kier molecular flexibility index (Phi) is 8.76. The number of phenolic OH excluding ortho intramolecular Hbond substituents is 2. The minimum absolute atomic E-state index is 0.000981. The van der Waals surface area contributed by atoms with Crippen LogP contribution in [-0.4, -0.2) is 81.3 Å². The molecular formula is C21H25N2O9S-. The van der Waals surface area contributed by atoms with E-state index < -0.39 is 33.5 Å². The Morgan fingerprint density at radius 3 is 1.76 bits per heavy atom. The van der Waals surface area contributed by atoms with Gasteiger partial charge in [0.1, 0.15) is 21.6 Å². The van der Waals surface area contributed by atoms with Crippen LogP contribution in [0.3, 0.4) is 0 Å². The largest absolute Gasteiger partial charge is 0.744 e. The van der Waals surface area contributed by atoms with Crippen molar-refractivity contribution >= 4 is 22.1 Å². The molecule has 0 amide bonds. The summed E-state index contributed by atoms with van der Waals surface area (Å²) in [6.45, 7) is 0.997. The predicted octanol–water partition coefficient (Wildman–Crippen LogP) is 0.784. The third-order valence-corrected chi connectivity index (χ3v) is 5.64. The number of phenols is 2. The van der Waals surface area contributed by atoms with E-state index in [4.69, 9.17) is 0 Å². The number of rotatable bonds is 12. The summed E-state index contributed by atoms with van der Waals surface area (Å²) in [5.41, 5.74) is 1.41. The number of aromatic hydroxyl groups is 2. The Labute approximate surface area is 190 Å². The highest BCUT2D eigenvalue weighted by Gasteiger charge is 2.18. The highest BCUT2D eigenvalue weighted by atomic mass is 32.2. The summed E-state index contributed by atoms with van der Waals surface area (Å²) in [7, 11) is -4.78. The maximum Gasteiger partial charge on any atom is 0.317 e. The highest BCUT2D eigenvalue weighted by molar-refractivity contribution is 7.85. The van der Waals surface area contributed by atoms with Gasteiger partial charge in [-0.05, 0) is 31.2 Å². The zero-order valence-corrected chi connectivity index (χ0v) is 18.7. The van der Waals surface area contributed by atoms with E-state index in [0.29, 0.717) is 5.56 Å². The molecule has 11 nitrogen and oxygen atoms in total. The molecule has 0 atom stereocenters. The fourth-order valence-corrected chi connectivity index (χ4v) is 3.78. The summed E-state index contributed by atoms with van der Waals surface area (Å²) in [5, 5.41) is 38.6. The summed E-state index contributed by atoms with van der Waals surface area (Å²) in [4.78, 5) is 24.9. The number of aryl methyl sites for hydroxylation is 1. The van der Waals surface area contributed by atoms with Gasteiger partial charge >= 0.3 is 11.9 Å². The second-order valence-corrected chi connectivity index (χ2v) is 8.97. The van der Waals surface area contributed by atoms with Gasteiger partial charge in [-0.15, -0.1) is 0 Å². The van der Waals surface area contributed by atoms with Gasteiger partial charge in [-0.25, -0.2) is 8.42 Å². The Balaban J connectivity index is 2.21. The van der Waals surface area contributed by atoms with Crippen molar-refractivity contribution in [2.75, 3.05) is 26.2 Å². The van der Waals surface area contributed by atoms with Crippen molar-refractivity contribution < 1.29 is 43.0 Å². The van der Waals surface area contributed by atoms with Gasteiger partial charge in [-0.1, -0.05) is 17.7 Å². The molecule has 2 rings (SSSR count). The van der Waals surface area contributed by atoms with Gasteiger partial charge < -0.3 is 25.0 Å². The van der Waals surface area contributed by atoms with Gasteiger partial charge in [0, 0.05) is 37.3 Å². The molecule has 0 aliphatic carbocycles. The Hall–Kier alpha value is -3.19. The zero-order valence-electron chi connectivity index (χ0n) is 17.8. The lowest BCUT2D eigenvalue weighted by molar-refractivity contribution is -0.140. The average molecular weight is 482 g/mol. The molecule has 180 valence electrons. The van der Waals surface area contributed by atoms with Crippen LogP contribution in [0.2, 0.25) is 0 Å². The summed E-state index contributed by atoms with van der Waals surface area (Å²) in [6, 6.07) is 7.89. The van der Waals surface area contributed by atoms with Crippen molar-refractivity contribution in [1.82, 2.24) is 9.80 Å². The normalized spacial score (nSPS) is 11.8. The predicted molar refractivity (Wildman–Crippen MR) is 115 cm³/mol. The summed E-state index contributed by atoms with van der Waals surface area (Å²) in [5.74, 6) is -2.62. The van der Waals surface area contributed by atoms with Crippen LogP contribution >= 0.6 is 0 Å². The fraction of sp³-hybridized carbons (Fsp3) is 0.333. The molecule has 0 spiro atoms. The molecule has 0 radical (unpaired) electrons. The van der Waals surface area contributed by atoms with Crippen molar-refractivity contribution in [3.63, 3.8) is 0 Å². The maximum absolute atomic E-state index is 11.3. The monoisotopic (exact) mass is 481 g/mol. The standard InChI is InChI=1S/C21H26N2O9S/c1-14-2-4-18(24)15(8-14)10-22(12-20(26)27)6-7-23(13-21(28)29)11-16-9-17(33(30,31)32)3-5-19(16)25/h2-5,8-9,24-25H,6-7,10-13H2,1H3,(H,26,27)(H,28,29)(H,30,31,32)/p-1. The van der Waals surface area contributed by atoms with Crippen molar-refractivity contribution in [3.05, 3.63) is 53.1 Å². The van der Waals surface area contributed by atoms with E-state index in [0.717, 1.165) is 23.8 Å². The van der Waals surface area contributed by atoms with E-state index >= 15 is 0 Å². The number of carboxylic acid groups (broad SMARTS) is 2. The molecular weight excluding hydrogens is 456 g/mol. The molecule has 4 N–H and O–H groups in total. The van der Waals surface area contributed by atoms with E-state index in [1.165, 1.54) is 15.9 Å². The molecule has 33 heavy (non-hydrogen) atoms. The molecule has 2 aromatic rings. The van der Waals surface area contributed by atoms with Gasteiger partial charge in [0.05, 0.1) is 18.0 Å². The lowest BCUT2D eigenvalue weighted by Crippen LogP contribution is -2.39. The first-order valence-electron chi connectivity index (χ1n) is 9.79. The van der Waals surface area contributed by atoms with E-state index in [9.17, 15) is 43.0 Å².